The molecular formula is C14H15FN2. The van der Waals surface area contributed by atoms with Crippen LogP contribution in [-0.2, 0) is 6.42 Å². The molecule has 0 unspecified atom stereocenters. The molecule has 0 spiro atoms. The Balaban J connectivity index is 1.90. The van der Waals surface area contributed by atoms with Crippen molar-refractivity contribution in [3.05, 3.63) is 59.7 Å². The maximum Gasteiger partial charge on any atom is 0.146 e. The van der Waals surface area contributed by atoms with Gasteiger partial charge in [-0.3, -0.25) is 4.98 Å². The Hall–Kier alpha value is -1.90. The van der Waals surface area contributed by atoms with Gasteiger partial charge in [0.2, 0.25) is 0 Å². The van der Waals surface area contributed by atoms with Crippen LogP contribution < -0.4 is 5.32 Å². The number of hydrogen-bond donors (Lipinski definition) is 1. The van der Waals surface area contributed by atoms with E-state index in [2.05, 4.69) is 10.3 Å². The van der Waals surface area contributed by atoms with Crippen molar-refractivity contribution in [1.82, 2.24) is 4.98 Å². The molecule has 0 aliphatic heterocycles. The van der Waals surface area contributed by atoms with E-state index in [1.54, 1.807) is 12.3 Å². The second kappa shape index (κ2) is 5.43. The smallest absolute Gasteiger partial charge is 0.146 e. The average molecular weight is 230 g/mol. The van der Waals surface area contributed by atoms with Gasteiger partial charge in [-0.15, -0.1) is 0 Å². The van der Waals surface area contributed by atoms with Crippen LogP contribution in [-0.4, -0.2) is 11.5 Å². The Bertz CT molecular complexity index is 483. The molecule has 0 aliphatic rings. The first-order valence-corrected chi connectivity index (χ1v) is 5.64. The minimum atomic E-state index is -0.198. The highest BCUT2D eigenvalue weighted by Gasteiger charge is 2.01. The zero-order chi connectivity index (χ0) is 12.1. The summed E-state index contributed by atoms with van der Waals surface area (Å²) in [5.74, 6) is -0.198. The highest BCUT2D eigenvalue weighted by molar-refractivity contribution is 5.46. The average Bonchev–Trinajstić information content (AvgIpc) is 2.33. The van der Waals surface area contributed by atoms with Crippen molar-refractivity contribution >= 4 is 5.69 Å². The lowest BCUT2D eigenvalue weighted by Crippen LogP contribution is -2.06. The predicted octanol–water partition coefficient (Wildman–Crippen LogP) is 3.18. The molecule has 0 fully saturated rings. The number of aromatic nitrogens is 1. The third-order valence-corrected chi connectivity index (χ3v) is 2.58. The van der Waals surface area contributed by atoms with Crippen LogP contribution in [0.3, 0.4) is 0 Å². The number of halogens is 1. The molecular weight excluding hydrogens is 215 g/mol. The summed E-state index contributed by atoms with van der Waals surface area (Å²) < 4.78 is 13.5. The molecule has 1 aromatic heterocycles. The summed E-state index contributed by atoms with van der Waals surface area (Å²) in [7, 11) is 0. The van der Waals surface area contributed by atoms with Crippen molar-refractivity contribution in [3.63, 3.8) is 0 Å². The van der Waals surface area contributed by atoms with Crippen molar-refractivity contribution < 1.29 is 4.39 Å². The lowest BCUT2D eigenvalue weighted by molar-refractivity contribution is 0.629. The molecule has 88 valence electrons. The zero-order valence-electron chi connectivity index (χ0n) is 9.78. The third-order valence-electron chi connectivity index (χ3n) is 2.58. The second-order valence-electron chi connectivity index (χ2n) is 4.02. The lowest BCUT2D eigenvalue weighted by Gasteiger charge is -2.07. The quantitative estimate of drug-likeness (QED) is 0.872. The number of aryl methyl sites for hydroxylation is 1. The maximum atomic E-state index is 13.5. The molecule has 0 saturated heterocycles. The SMILES string of the molecule is Cc1ccc(NCCc2cccnc2)c(F)c1. The molecule has 2 aromatic rings. The molecule has 2 nitrogen and oxygen atoms in total. The van der Waals surface area contributed by atoms with Crippen LogP contribution in [0.4, 0.5) is 10.1 Å². The number of anilines is 1. The molecule has 1 heterocycles. The topological polar surface area (TPSA) is 24.9 Å². The van der Waals surface area contributed by atoms with Gasteiger partial charge in [0, 0.05) is 18.9 Å². The fourth-order valence-electron chi connectivity index (χ4n) is 1.65. The van der Waals surface area contributed by atoms with Gasteiger partial charge < -0.3 is 5.32 Å². The van der Waals surface area contributed by atoms with Gasteiger partial charge in [0.15, 0.2) is 0 Å². The van der Waals surface area contributed by atoms with E-state index in [1.165, 1.54) is 6.07 Å². The van der Waals surface area contributed by atoms with Crippen LogP contribution in [0.1, 0.15) is 11.1 Å². The van der Waals surface area contributed by atoms with E-state index in [-0.39, 0.29) is 5.82 Å². The first-order valence-electron chi connectivity index (χ1n) is 5.64. The van der Waals surface area contributed by atoms with Crippen LogP contribution in [0, 0.1) is 12.7 Å². The van der Waals surface area contributed by atoms with E-state index in [1.807, 2.05) is 31.3 Å². The summed E-state index contributed by atoms with van der Waals surface area (Å²) in [5, 5.41) is 3.09. The van der Waals surface area contributed by atoms with E-state index in [9.17, 15) is 4.39 Å². The normalized spacial score (nSPS) is 10.2. The monoisotopic (exact) mass is 230 g/mol. The summed E-state index contributed by atoms with van der Waals surface area (Å²) in [6.07, 6.45) is 4.41. The Morgan fingerprint density at radius 2 is 2.18 bits per heavy atom. The Morgan fingerprint density at radius 1 is 1.29 bits per heavy atom. The van der Waals surface area contributed by atoms with Crippen molar-refractivity contribution in [3.8, 4) is 0 Å². The molecule has 1 aromatic carbocycles. The van der Waals surface area contributed by atoms with Gasteiger partial charge in [-0.2, -0.15) is 0 Å². The minimum absolute atomic E-state index is 0.198. The molecule has 1 N–H and O–H groups in total. The van der Waals surface area contributed by atoms with Gasteiger partial charge in [0.25, 0.3) is 0 Å². The van der Waals surface area contributed by atoms with E-state index in [4.69, 9.17) is 0 Å². The number of rotatable bonds is 4. The number of hydrogen-bond acceptors (Lipinski definition) is 2. The second-order valence-corrected chi connectivity index (χ2v) is 4.02. The van der Waals surface area contributed by atoms with E-state index in [0.29, 0.717) is 12.2 Å². The van der Waals surface area contributed by atoms with Crippen LogP contribution in [0.25, 0.3) is 0 Å². The number of benzene rings is 1. The Labute approximate surface area is 101 Å². The highest BCUT2D eigenvalue weighted by Crippen LogP contribution is 2.15. The molecule has 0 bridgehead atoms. The summed E-state index contributed by atoms with van der Waals surface area (Å²) in [5.41, 5.74) is 2.63. The van der Waals surface area contributed by atoms with E-state index >= 15 is 0 Å². The van der Waals surface area contributed by atoms with Gasteiger partial charge in [-0.25, -0.2) is 4.39 Å². The fourth-order valence-corrected chi connectivity index (χ4v) is 1.65. The molecule has 17 heavy (non-hydrogen) atoms. The first-order chi connectivity index (χ1) is 8.25. The zero-order valence-corrected chi connectivity index (χ0v) is 9.78. The van der Waals surface area contributed by atoms with Gasteiger partial charge in [-0.05, 0) is 42.7 Å². The Kier molecular flexibility index (Phi) is 3.70. The molecule has 0 amide bonds. The van der Waals surface area contributed by atoms with E-state index < -0.39 is 0 Å². The van der Waals surface area contributed by atoms with Crippen LogP contribution in [0.5, 0.6) is 0 Å². The summed E-state index contributed by atoms with van der Waals surface area (Å²) in [4.78, 5) is 4.04. The third kappa shape index (κ3) is 3.28. The number of nitrogens with zero attached hydrogens (tertiary/aromatic N) is 1. The van der Waals surface area contributed by atoms with Gasteiger partial charge in [0.05, 0.1) is 5.69 Å². The van der Waals surface area contributed by atoms with Gasteiger partial charge in [-0.1, -0.05) is 12.1 Å². The summed E-state index contributed by atoms with van der Waals surface area (Å²) in [6, 6.07) is 9.12. The fraction of sp³-hybridized carbons (Fsp3) is 0.214. The number of nitrogens with one attached hydrogen (secondary N) is 1. The Morgan fingerprint density at radius 3 is 2.88 bits per heavy atom. The van der Waals surface area contributed by atoms with E-state index in [0.717, 1.165) is 17.5 Å². The standard InChI is InChI=1S/C14H15FN2/c1-11-4-5-14(13(15)9-11)17-8-6-12-3-2-7-16-10-12/h2-5,7,9-10,17H,6,8H2,1H3. The predicted molar refractivity (Wildman–Crippen MR) is 67.6 cm³/mol. The van der Waals surface area contributed by atoms with Crippen molar-refractivity contribution in [2.45, 2.75) is 13.3 Å². The largest absolute Gasteiger partial charge is 0.382 e. The highest BCUT2D eigenvalue weighted by atomic mass is 19.1. The summed E-state index contributed by atoms with van der Waals surface area (Å²) >= 11 is 0. The number of pyridine rings is 1. The summed E-state index contributed by atoms with van der Waals surface area (Å²) in [6.45, 7) is 2.58. The maximum absolute atomic E-state index is 13.5. The van der Waals surface area contributed by atoms with Crippen molar-refractivity contribution in [2.75, 3.05) is 11.9 Å². The molecule has 0 radical (unpaired) electrons. The molecule has 0 saturated carbocycles. The molecule has 3 heteroatoms. The van der Waals surface area contributed by atoms with Crippen molar-refractivity contribution in [2.24, 2.45) is 0 Å². The van der Waals surface area contributed by atoms with Crippen LogP contribution in [0.15, 0.2) is 42.7 Å². The first kappa shape index (κ1) is 11.6. The van der Waals surface area contributed by atoms with Crippen LogP contribution >= 0.6 is 0 Å². The van der Waals surface area contributed by atoms with Gasteiger partial charge >= 0.3 is 0 Å². The molecule has 0 atom stereocenters. The molecule has 2 rings (SSSR count). The van der Waals surface area contributed by atoms with Crippen molar-refractivity contribution in [1.29, 1.82) is 0 Å². The van der Waals surface area contributed by atoms with Crippen LogP contribution in [0.2, 0.25) is 0 Å². The molecule has 0 aliphatic carbocycles. The minimum Gasteiger partial charge on any atom is -0.382 e. The lowest BCUT2D eigenvalue weighted by atomic mass is 10.2. The van der Waals surface area contributed by atoms with Gasteiger partial charge in [0.1, 0.15) is 5.82 Å².